The summed E-state index contributed by atoms with van der Waals surface area (Å²) >= 11 is 5.93. The Bertz CT molecular complexity index is 405. The lowest BCUT2D eigenvalue weighted by Gasteiger charge is -2.27. The van der Waals surface area contributed by atoms with Crippen LogP contribution in [0.3, 0.4) is 0 Å². The Hall–Kier alpha value is -1.13. The molecule has 0 unspecified atom stereocenters. The van der Waals surface area contributed by atoms with E-state index in [0.717, 1.165) is 6.54 Å². The Balaban J connectivity index is 1.99. The van der Waals surface area contributed by atoms with E-state index >= 15 is 0 Å². The monoisotopic (exact) mass is 256 g/mol. The molecule has 17 heavy (non-hydrogen) atoms. The SMILES string of the molecule is O=C1CNCCN1CCc1c(F)cccc1Cl. The lowest BCUT2D eigenvalue weighted by molar-refractivity contribution is -0.131. The summed E-state index contributed by atoms with van der Waals surface area (Å²) < 4.78 is 13.5. The van der Waals surface area contributed by atoms with Gasteiger partial charge in [0.2, 0.25) is 5.91 Å². The second kappa shape index (κ2) is 5.47. The van der Waals surface area contributed by atoms with Gasteiger partial charge in [-0.3, -0.25) is 4.79 Å². The minimum absolute atomic E-state index is 0.0590. The fraction of sp³-hybridized carbons (Fsp3) is 0.417. The second-order valence-corrected chi connectivity index (χ2v) is 4.41. The molecule has 2 rings (SSSR count). The minimum Gasteiger partial charge on any atom is -0.340 e. The van der Waals surface area contributed by atoms with Crippen molar-refractivity contribution in [1.29, 1.82) is 0 Å². The van der Waals surface area contributed by atoms with E-state index in [0.29, 0.717) is 36.6 Å². The molecule has 1 amide bonds. The lowest BCUT2D eigenvalue weighted by atomic mass is 10.1. The van der Waals surface area contributed by atoms with E-state index in [1.165, 1.54) is 6.07 Å². The van der Waals surface area contributed by atoms with Crippen LogP contribution in [0.5, 0.6) is 0 Å². The van der Waals surface area contributed by atoms with Gasteiger partial charge in [-0.1, -0.05) is 17.7 Å². The number of carbonyl (C=O) groups excluding carboxylic acids is 1. The molecule has 1 aromatic rings. The van der Waals surface area contributed by atoms with Crippen molar-refractivity contribution in [2.24, 2.45) is 0 Å². The minimum atomic E-state index is -0.305. The van der Waals surface area contributed by atoms with E-state index in [1.807, 2.05) is 0 Å². The molecule has 0 atom stereocenters. The number of carbonyl (C=O) groups is 1. The van der Waals surface area contributed by atoms with Crippen LogP contribution in [0.15, 0.2) is 18.2 Å². The number of hydrogen-bond donors (Lipinski definition) is 1. The molecule has 0 bridgehead atoms. The number of rotatable bonds is 3. The molecule has 1 saturated heterocycles. The fourth-order valence-corrected chi connectivity index (χ4v) is 2.16. The number of nitrogens with zero attached hydrogens (tertiary/aromatic N) is 1. The Morgan fingerprint density at radius 3 is 3.00 bits per heavy atom. The molecule has 5 heteroatoms. The number of halogens is 2. The van der Waals surface area contributed by atoms with Crippen LogP contribution in [0.25, 0.3) is 0 Å². The van der Waals surface area contributed by atoms with Gasteiger partial charge in [-0.25, -0.2) is 4.39 Å². The summed E-state index contributed by atoms with van der Waals surface area (Å²) in [7, 11) is 0. The van der Waals surface area contributed by atoms with Crippen LogP contribution in [0, 0.1) is 5.82 Å². The molecule has 1 N–H and O–H groups in total. The number of nitrogens with one attached hydrogen (secondary N) is 1. The zero-order valence-electron chi connectivity index (χ0n) is 9.38. The molecule has 1 fully saturated rings. The van der Waals surface area contributed by atoms with Crippen LogP contribution in [0.2, 0.25) is 5.02 Å². The van der Waals surface area contributed by atoms with E-state index in [9.17, 15) is 9.18 Å². The normalized spacial score (nSPS) is 16.4. The van der Waals surface area contributed by atoms with E-state index < -0.39 is 0 Å². The zero-order valence-corrected chi connectivity index (χ0v) is 10.1. The van der Waals surface area contributed by atoms with E-state index in [4.69, 9.17) is 11.6 Å². The average Bonchev–Trinajstić information content (AvgIpc) is 2.30. The number of amides is 1. The lowest BCUT2D eigenvalue weighted by Crippen LogP contribution is -2.48. The van der Waals surface area contributed by atoms with E-state index in [-0.39, 0.29) is 11.7 Å². The molecule has 0 aromatic heterocycles. The predicted octanol–water partition coefficient (Wildman–Crippen LogP) is 1.45. The third-order valence-corrected chi connectivity index (χ3v) is 3.23. The van der Waals surface area contributed by atoms with Gasteiger partial charge in [0.25, 0.3) is 0 Å². The largest absolute Gasteiger partial charge is 0.340 e. The summed E-state index contributed by atoms with van der Waals surface area (Å²) in [5.41, 5.74) is 0.487. The molecule has 1 aromatic carbocycles. The summed E-state index contributed by atoms with van der Waals surface area (Å²) in [6, 6.07) is 4.64. The van der Waals surface area contributed by atoms with Crippen molar-refractivity contribution in [3.05, 3.63) is 34.6 Å². The average molecular weight is 257 g/mol. The second-order valence-electron chi connectivity index (χ2n) is 4.01. The van der Waals surface area contributed by atoms with Gasteiger partial charge in [-0.05, 0) is 18.6 Å². The third kappa shape index (κ3) is 2.96. The van der Waals surface area contributed by atoms with Crippen molar-refractivity contribution < 1.29 is 9.18 Å². The highest BCUT2D eigenvalue weighted by Gasteiger charge is 2.18. The number of benzene rings is 1. The smallest absolute Gasteiger partial charge is 0.236 e. The molecule has 0 radical (unpaired) electrons. The first-order valence-electron chi connectivity index (χ1n) is 5.60. The van der Waals surface area contributed by atoms with Crippen LogP contribution in [0.4, 0.5) is 4.39 Å². The summed E-state index contributed by atoms with van der Waals surface area (Å²) in [4.78, 5) is 13.3. The van der Waals surface area contributed by atoms with Crippen molar-refractivity contribution in [3.63, 3.8) is 0 Å². The molecule has 0 aliphatic carbocycles. The van der Waals surface area contributed by atoms with Gasteiger partial charge >= 0.3 is 0 Å². The standard InChI is InChI=1S/C12H14ClFN2O/c13-10-2-1-3-11(14)9(10)4-6-16-7-5-15-8-12(16)17/h1-3,15H,4-8H2. The maximum absolute atomic E-state index is 13.5. The topological polar surface area (TPSA) is 32.3 Å². The maximum atomic E-state index is 13.5. The predicted molar refractivity (Wildman–Crippen MR) is 64.6 cm³/mol. The van der Waals surface area contributed by atoms with Crippen LogP contribution < -0.4 is 5.32 Å². The molecule has 1 aliphatic rings. The van der Waals surface area contributed by atoms with Crippen molar-refractivity contribution in [2.75, 3.05) is 26.2 Å². The molecule has 3 nitrogen and oxygen atoms in total. The van der Waals surface area contributed by atoms with Gasteiger partial charge < -0.3 is 10.2 Å². The molecular weight excluding hydrogens is 243 g/mol. The number of piperazine rings is 1. The van der Waals surface area contributed by atoms with Crippen LogP contribution in [-0.4, -0.2) is 37.0 Å². The van der Waals surface area contributed by atoms with Crippen molar-refractivity contribution in [2.45, 2.75) is 6.42 Å². The summed E-state index contributed by atoms with van der Waals surface area (Å²) in [5, 5.41) is 3.42. The summed E-state index contributed by atoms with van der Waals surface area (Å²) in [6.07, 6.45) is 0.456. The van der Waals surface area contributed by atoms with Gasteiger partial charge in [0, 0.05) is 30.2 Å². The van der Waals surface area contributed by atoms with Gasteiger partial charge in [0.15, 0.2) is 0 Å². The third-order valence-electron chi connectivity index (χ3n) is 2.88. The van der Waals surface area contributed by atoms with E-state index in [2.05, 4.69) is 5.32 Å². The molecule has 1 aliphatic heterocycles. The highest BCUT2D eigenvalue weighted by molar-refractivity contribution is 6.31. The first-order valence-corrected chi connectivity index (χ1v) is 5.97. The van der Waals surface area contributed by atoms with Crippen molar-refractivity contribution in [3.8, 4) is 0 Å². The van der Waals surface area contributed by atoms with Crippen molar-refractivity contribution >= 4 is 17.5 Å². The molecule has 1 heterocycles. The van der Waals surface area contributed by atoms with Gasteiger partial charge in [0.1, 0.15) is 5.82 Å². The first-order chi connectivity index (χ1) is 8.18. The zero-order chi connectivity index (χ0) is 12.3. The Kier molecular flexibility index (Phi) is 3.97. The van der Waals surface area contributed by atoms with Crippen LogP contribution in [0.1, 0.15) is 5.56 Å². The highest BCUT2D eigenvalue weighted by atomic mass is 35.5. The summed E-state index contributed by atoms with van der Waals surface area (Å²) in [5.74, 6) is -0.246. The molecule has 92 valence electrons. The van der Waals surface area contributed by atoms with Gasteiger partial charge in [-0.15, -0.1) is 0 Å². The maximum Gasteiger partial charge on any atom is 0.236 e. The molecule has 0 saturated carbocycles. The highest BCUT2D eigenvalue weighted by Crippen LogP contribution is 2.19. The molecular formula is C12H14ClFN2O. The Labute approximate surface area is 105 Å². The van der Waals surface area contributed by atoms with Crippen LogP contribution >= 0.6 is 11.6 Å². The van der Waals surface area contributed by atoms with E-state index in [1.54, 1.807) is 17.0 Å². The van der Waals surface area contributed by atoms with Gasteiger partial charge in [0.05, 0.1) is 6.54 Å². The van der Waals surface area contributed by atoms with Crippen LogP contribution in [-0.2, 0) is 11.2 Å². The van der Waals surface area contributed by atoms with Gasteiger partial charge in [-0.2, -0.15) is 0 Å². The first kappa shape index (κ1) is 12.3. The fourth-order valence-electron chi connectivity index (χ4n) is 1.90. The number of hydrogen-bond acceptors (Lipinski definition) is 2. The Morgan fingerprint density at radius 1 is 1.47 bits per heavy atom. The quantitative estimate of drug-likeness (QED) is 0.888. The molecule has 0 spiro atoms. The Morgan fingerprint density at radius 2 is 2.29 bits per heavy atom. The summed E-state index contributed by atoms with van der Waals surface area (Å²) in [6.45, 7) is 2.34. The van der Waals surface area contributed by atoms with Crippen molar-refractivity contribution in [1.82, 2.24) is 10.2 Å².